The number of carbonyl (C=O) groups is 1. The summed E-state index contributed by atoms with van der Waals surface area (Å²) in [4.78, 5) is 16.3. The Morgan fingerprint density at radius 1 is 1.29 bits per heavy atom. The van der Waals surface area contributed by atoms with E-state index in [4.69, 9.17) is 11.6 Å². The number of carbonyl (C=O) groups excluding carboxylic acids is 1. The van der Waals surface area contributed by atoms with Gasteiger partial charge >= 0.3 is 0 Å². The Kier molecular flexibility index (Phi) is 4.23. The van der Waals surface area contributed by atoms with Crippen LogP contribution in [-0.4, -0.2) is 43.4 Å². The number of hydrogen-bond donors (Lipinski definition) is 0. The lowest BCUT2D eigenvalue weighted by Gasteiger charge is -2.46. The quantitative estimate of drug-likeness (QED) is 0.782. The van der Waals surface area contributed by atoms with Gasteiger partial charge in [-0.15, -0.1) is 0 Å². The molecule has 0 N–H and O–H groups in total. The van der Waals surface area contributed by atoms with E-state index < -0.39 is 0 Å². The summed E-state index contributed by atoms with van der Waals surface area (Å²) < 4.78 is 0. The summed E-state index contributed by atoms with van der Waals surface area (Å²) in [7, 11) is 2.25. The fourth-order valence-corrected chi connectivity index (χ4v) is 4.15. The highest BCUT2D eigenvalue weighted by Crippen LogP contribution is 2.35. The van der Waals surface area contributed by atoms with Gasteiger partial charge in [0.1, 0.15) is 0 Å². The highest BCUT2D eigenvalue weighted by Gasteiger charge is 2.34. The summed E-state index contributed by atoms with van der Waals surface area (Å²) in [5.74, 6) is 0.803. The van der Waals surface area contributed by atoms with E-state index in [0.717, 1.165) is 30.7 Å². The van der Waals surface area contributed by atoms with Crippen molar-refractivity contribution in [3.63, 3.8) is 0 Å². The molecule has 2 atom stereocenters. The molecule has 2 aliphatic heterocycles. The third-order valence-corrected chi connectivity index (χ3v) is 5.34. The zero-order valence-corrected chi connectivity index (χ0v) is 13.6. The molecule has 2 heterocycles. The van der Waals surface area contributed by atoms with Gasteiger partial charge in [0.15, 0.2) is 5.78 Å². The van der Waals surface area contributed by atoms with Crippen LogP contribution in [0.2, 0.25) is 5.02 Å². The first-order valence-electron chi connectivity index (χ1n) is 7.82. The highest BCUT2D eigenvalue weighted by molar-refractivity contribution is 6.33. The summed E-state index contributed by atoms with van der Waals surface area (Å²) in [6.07, 6.45) is 3.81. The van der Waals surface area contributed by atoms with E-state index in [1.807, 2.05) is 12.1 Å². The zero-order chi connectivity index (χ0) is 15.0. The van der Waals surface area contributed by atoms with Gasteiger partial charge in [0.05, 0.1) is 10.7 Å². The minimum absolute atomic E-state index is 0.0658. The molecule has 0 aromatic heterocycles. The highest BCUT2D eigenvalue weighted by atomic mass is 35.5. The molecule has 4 heteroatoms. The molecule has 2 unspecified atom stereocenters. The Morgan fingerprint density at radius 2 is 2.10 bits per heavy atom. The van der Waals surface area contributed by atoms with Crippen LogP contribution in [0.25, 0.3) is 0 Å². The SMILES string of the molecule is CC(=O)c1ccc(N2CCC3C(CCCN3C)C2)c(Cl)c1. The van der Waals surface area contributed by atoms with Crippen molar-refractivity contribution in [3.8, 4) is 0 Å². The molecule has 0 amide bonds. The van der Waals surface area contributed by atoms with Crippen LogP contribution in [0.3, 0.4) is 0 Å². The lowest BCUT2D eigenvalue weighted by atomic mass is 9.84. The van der Waals surface area contributed by atoms with Gasteiger partial charge < -0.3 is 9.80 Å². The predicted molar refractivity (Wildman–Crippen MR) is 87.4 cm³/mol. The molecule has 2 aliphatic rings. The molecular formula is C17H23ClN2O. The fraction of sp³-hybridized carbons (Fsp3) is 0.588. The largest absolute Gasteiger partial charge is 0.370 e. The smallest absolute Gasteiger partial charge is 0.159 e. The number of halogens is 1. The Morgan fingerprint density at radius 3 is 2.81 bits per heavy atom. The minimum Gasteiger partial charge on any atom is -0.370 e. The van der Waals surface area contributed by atoms with Gasteiger partial charge in [0, 0.05) is 24.7 Å². The van der Waals surface area contributed by atoms with Crippen LogP contribution in [-0.2, 0) is 0 Å². The summed E-state index contributed by atoms with van der Waals surface area (Å²) in [5, 5.41) is 0.699. The average molecular weight is 307 g/mol. The molecule has 2 fully saturated rings. The third kappa shape index (κ3) is 2.95. The maximum atomic E-state index is 11.4. The van der Waals surface area contributed by atoms with Gasteiger partial charge in [-0.2, -0.15) is 0 Å². The first kappa shape index (κ1) is 14.9. The number of hydrogen-bond acceptors (Lipinski definition) is 3. The Labute approximate surface area is 131 Å². The Bertz CT molecular complexity index is 546. The van der Waals surface area contributed by atoms with Crippen molar-refractivity contribution in [1.82, 2.24) is 4.90 Å². The zero-order valence-electron chi connectivity index (χ0n) is 12.8. The lowest BCUT2D eigenvalue weighted by molar-refractivity contribution is 0.101. The van der Waals surface area contributed by atoms with Gasteiger partial charge in [-0.1, -0.05) is 11.6 Å². The molecule has 1 aromatic rings. The van der Waals surface area contributed by atoms with E-state index in [0.29, 0.717) is 10.6 Å². The molecule has 0 radical (unpaired) electrons. The van der Waals surface area contributed by atoms with Crippen LogP contribution in [0.1, 0.15) is 36.5 Å². The second-order valence-corrected chi connectivity index (χ2v) is 6.81. The average Bonchev–Trinajstić information content (AvgIpc) is 2.47. The normalized spacial score (nSPS) is 26.5. The molecular weight excluding hydrogens is 284 g/mol. The van der Waals surface area contributed by atoms with Crippen molar-refractivity contribution in [3.05, 3.63) is 28.8 Å². The second-order valence-electron chi connectivity index (χ2n) is 6.41. The van der Waals surface area contributed by atoms with E-state index in [-0.39, 0.29) is 5.78 Å². The van der Waals surface area contributed by atoms with E-state index in [9.17, 15) is 4.79 Å². The van der Waals surface area contributed by atoms with E-state index >= 15 is 0 Å². The number of piperidine rings is 2. The lowest BCUT2D eigenvalue weighted by Crippen LogP contribution is -2.52. The van der Waals surface area contributed by atoms with Crippen molar-refractivity contribution in [2.24, 2.45) is 5.92 Å². The van der Waals surface area contributed by atoms with Gasteiger partial charge in [-0.25, -0.2) is 0 Å². The second kappa shape index (κ2) is 5.98. The van der Waals surface area contributed by atoms with E-state index in [2.05, 4.69) is 16.8 Å². The topological polar surface area (TPSA) is 23.6 Å². The maximum Gasteiger partial charge on any atom is 0.159 e. The molecule has 3 rings (SSSR count). The first-order chi connectivity index (χ1) is 10.1. The van der Waals surface area contributed by atoms with Crippen molar-refractivity contribution >= 4 is 23.1 Å². The summed E-state index contributed by atoms with van der Waals surface area (Å²) in [5.41, 5.74) is 1.77. The van der Waals surface area contributed by atoms with Crippen LogP contribution in [0.15, 0.2) is 18.2 Å². The number of nitrogens with zero attached hydrogens (tertiary/aromatic N) is 2. The first-order valence-corrected chi connectivity index (χ1v) is 8.19. The van der Waals surface area contributed by atoms with Gasteiger partial charge in [0.2, 0.25) is 0 Å². The number of likely N-dealkylation sites (tertiary alicyclic amines) is 1. The molecule has 0 spiro atoms. The number of fused-ring (bicyclic) bond motifs is 1. The van der Waals surface area contributed by atoms with Crippen LogP contribution >= 0.6 is 11.6 Å². The number of rotatable bonds is 2. The van der Waals surface area contributed by atoms with Crippen molar-refractivity contribution in [1.29, 1.82) is 0 Å². The number of anilines is 1. The molecule has 21 heavy (non-hydrogen) atoms. The Hall–Kier alpha value is -1.06. The number of benzene rings is 1. The number of Topliss-reactive ketones (excluding diaryl/α,β-unsaturated/α-hetero) is 1. The van der Waals surface area contributed by atoms with Crippen LogP contribution < -0.4 is 4.90 Å². The molecule has 0 bridgehead atoms. The summed E-state index contributed by atoms with van der Waals surface area (Å²) in [6, 6.07) is 6.43. The van der Waals surface area contributed by atoms with Crippen molar-refractivity contribution in [2.45, 2.75) is 32.2 Å². The molecule has 1 aromatic carbocycles. The number of ketones is 1. The van der Waals surface area contributed by atoms with Crippen molar-refractivity contribution < 1.29 is 4.79 Å². The van der Waals surface area contributed by atoms with E-state index in [1.165, 1.54) is 25.8 Å². The summed E-state index contributed by atoms with van der Waals surface area (Å²) >= 11 is 6.41. The van der Waals surface area contributed by atoms with Crippen molar-refractivity contribution in [2.75, 3.05) is 31.6 Å². The fourth-order valence-electron chi connectivity index (χ4n) is 3.85. The third-order valence-electron chi connectivity index (χ3n) is 5.04. The maximum absolute atomic E-state index is 11.4. The molecule has 2 saturated heterocycles. The van der Waals surface area contributed by atoms with Gasteiger partial charge in [-0.05, 0) is 63.9 Å². The molecule has 0 aliphatic carbocycles. The standard InChI is InChI=1S/C17H23ClN2O/c1-12(21)13-5-6-17(15(18)10-13)20-9-7-16-14(11-20)4-3-8-19(16)2/h5-6,10,14,16H,3-4,7-9,11H2,1-2H3. The molecule has 3 nitrogen and oxygen atoms in total. The molecule has 114 valence electrons. The Balaban J connectivity index is 1.78. The molecule has 0 saturated carbocycles. The van der Waals surface area contributed by atoms with E-state index in [1.54, 1.807) is 13.0 Å². The predicted octanol–water partition coefficient (Wildman–Crippen LogP) is 3.46. The monoisotopic (exact) mass is 306 g/mol. The van der Waals surface area contributed by atoms with Gasteiger partial charge in [-0.3, -0.25) is 4.79 Å². The summed E-state index contributed by atoms with van der Waals surface area (Å²) in [6.45, 7) is 4.93. The van der Waals surface area contributed by atoms with Crippen LogP contribution in [0.5, 0.6) is 0 Å². The van der Waals surface area contributed by atoms with Gasteiger partial charge in [0.25, 0.3) is 0 Å². The van der Waals surface area contributed by atoms with Crippen LogP contribution in [0.4, 0.5) is 5.69 Å². The van der Waals surface area contributed by atoms with Crippen LogP contribution in [0, 0.1) is 5.92 Å². The minimum atomic E-state index is 0.0658.